The van der Waals surface area contributed by atoms with E-state index in [-0.39, 0.29) is 17.8 Å². The molecule has 4 nitrogen and oxygen atoms in total. The van der Waals surface area contributed by atoms with Gasteiger partial charge in [0.25, 0.3) is 0 Å². The van der Waals surface area contributed by atoms with Gasteiger partial charge in [-0.15, -0.1) is 0 Å². The number of carbonyl (C=O) groups excluding carboxylic acids is 1. The number of hydrogen-bond donors (Lipinski definition) is 0. The Balaban J connectivity index is 1.37. The van der Waals surface area contributed by atoms with Crippen LogP contribution < -0.4 is 0 Å². The minimum Gasteiger partial charge on any atom is -0.381 e. The molecule has 0 spiro atoms. The van der Waals surface area contributed by atoms with Gasteiger partial charge in [-0.05, 0) is 74.7 Å². The first-order valence-corrected chi connectivity index (χ1v) is 10.0. The summed E-state index contributed by atoms with van der Waals surface area (Å²) in [5.41, 5.74) is 0.882. The predicted molar refractivity (Wildman–Crippen MR) is 98.1 cm³/mol. The van der Waals surface area contributed by atoms with Gasteiger partial charge in [-0.2, -0.15) is 0 Å². The number of likely N-dealkylation sites (tertiary alicyclic amines) is 2. The molecule has 142 valence electrons. The highest BCUT2D eigenvalue weighted by Crippen LogP contribution is 2.32. The quantitative estimate of drug-likeness (QED) is 0.809. The molecule has 0 aliphatic carbocycles. The molecular formula is C21H29FN2O2. The van der Waals surface area contributed by atoms with Gasteiger partial charge in [0.15, 0.2) is 0 Å². The number of ether oxygens (including phenoxy) is 1. The van der Waals surface area contributed by atoms with Crippen molar-refractivity contribution in [3.8, 4) is 0 Å². The van der Waals surface area contributed by atoms with Crippen LogP contribution >= 0.6 is 0 Å². The van der Waals surface area contributed by atoms with Gasteiger partial charge in [-0.3, -0.25) is 9.69 Å². The maximum absolute atomic E-state index is 13.5. The maximum Gasteiger partial charge on any atom is 0.240 e. The lowest BCUT2D eigenvalue weighted by Crippen LogP contribution is -2.58. The largest absolute Gasteiger partial charge is 0.381 e. The highest BCUT2D eigenvalue weighted by molar-refractivity contribution is 5.83. The van der Waals surface area contributed by atoms with Crippen molar-refractivity contribution in [3.05, 3.63) is 35.6 Å². The number of fused-ring (bicyclic) bond motifs is 2. The summed E-state index contributed by atoms with van der Waals surface area (Å²) >= 11 is 0. The molecule has 0 N–H and O–H groups in total. The van der Waals surface area contributed by atoms with Crippen LogP contribution in [0.25, 0.3) is 0 Å². The fourth-order valence-corrected chi connectivity index (χ4v) is 4.77. The Labute approximate surface area is 155 Å². The molecular weight excluding hydrogens is 331 g/mol. The molecule has 5 heteroatoms. The van der Waals surface area contributed by atoms with Gasteiger partial charge in [0, 0.05) is 26.3 Å². The van der Waals surface area contributed by atoms with E-state index in [1.807, 2.05) is 11.0 Å². The van der Waals surface area contributed by atoms with E-state index in [0.29, 0.717) is 12.5 Å². The van der Waals surface area contributed by atoms with Crippen molar-refractivity contribution < 1.29 is 13.9 Å². The lowest BCUT2D eigenvalue weighted by molar-refractivity contribution is -0.146. The van der Waals surface area contributed by atoms with Crippen molar-refractivity contribution in [2.45, 2.75) is 44.7 Å². The van der Waals surface area contributed by atoms with Crippen molar-refractivity contribution in [1.29, 1.82) is 0 Å². The fourth-order valence-electron chi connectivity index (χ4n) is 4.77. The molecule has 3 saturated heterocycles. The monoisotopic (exact) mass is 360 g/mol. The number of halogens is 1. The summed E-state index contributed by atoms with van der Waals surface area (Å²) < 4.78 is 18.9. The molecule has 3 heterocycles. The zero-order valence-corrected chi connectivity index (χ0v) is 15.4. The van der Waals surface area contributed by atoms with Crippen molar-refractivity contribution in [2.24, 2.45) is 11.8 Å². The maximum atomic E-state index is 13.5. The Morgan fingerprint density at radius 2 is 2.04 bits per heavy atom. The Morgan fingerprint density at radius 1 is 1.19 bits per heavy atom. The average molecular weight is 360 g/mol. The van der Waals surface area contributed by atoms with E-state index in [4.69, 9.17) is 4.74 Å². The number of rotatable bonds is 5. The molecule has 26 heavy (non-hydrogen) atoms. The number of hydrogen-bond acceptors (Lipinski definition) is 3. The Kier molecular flexibility index (Phi) is 5.55. The van der Waals surface area contributed by atoms with Gasteiger partial charge >= 0.3 is 0 Å². The van der Waals surface area contributed by atoms with Crippen molar-refractivity contribution >= 4 is 5.91 Å². The molecule has 2 atom stereocenters. The number of piperidine rings is 2. The predicted octanol–water partition coefficient (Wildman–Crippen LogP) is 3.07. The molecule has 0 saturated carbocycles. The molecule has 0 unspecified atom stereocenters. The molecule has 0 radical (unpaired) electrons. The SMILES string of the molecule is O=C1[C@H]2C[C@H](CCN2CCC2CCOCC2)CN1Cc1cccc(F)c1. The van der Waals surface area contributed by atoms with E-state index in [1.165, 1.54) is 12.5 Å². The average Bonchev–Trinajstić information content (AvgIpc) is 2.66. The van der Waals surface area contributed by atoms with Gasteiger partial charge in [0.2, 0.25) is 5.91 Å². The Morgan fingerprint density at radius 3 is 2.85 bits per heavy atom. The summed E-state index contributed by atoms with van der Waals surface area (Å²) in [7, 11) is 0. The number of benzene rings is 1. The molecule has 1 aromatic carbocycles. The Bertz CT molecular complexity index is 632. The zero-order valence-electron chi connectivity index (χ0n) is 15.4. The third-order valence-corrected chi connectivity index (χ3v) is 6.33. The summed E-state index contributed by atoms with van der Waals surface area (Å²) in [6.07, 6.45) is 5.63. The molecule has 1 amide bonds. The van der Waals surface area contributed by atoms with Crippen molar-refractivity contribution in [2.75, 3.05) is 32.8 Å². The van der Waals surface area contributed by atoms with Crippen LogP contribution in [-0.2, 0) is 16.1 Å². The van der Waals surface area contributed by atoms with Crippen LogP contribution in [0, 0.1) is 17.7 Å². The van der Waals surface area contributed by atoms with E-state index in [1.54, 1.807) is 12.1 Å². The summed E-state index contributed by atoms with van der Waals surface area (Å²) in [5, 5.41) is 0. The van der Waals surface area contributed by atoms with Crippen molar-refractivity contribution in [1.82, 2.24) is 9.80 Å². The number of carbonyl (C=O) groups is 1. The normalized spacial score (nSPS) is 27.7. The van der Waals surface area contributed by atoms with Gasteiger partial charge in [0.05, 0.1) is 6.04 Å². The second kappa shape index (κ2) is 8.05. The first kappa shape index (κ1) is 17.9. The summed E-state index contributed by atoms with van der Waals surface area (Å²) in [5.74, 6) is 1.33. The summed E-state index contributed by atoms with van der Waals surface area (Å²) in [4.78, 5) is 17.4. The van der Waals surface area contributed by atoms with E-state index in [2.05, 4.69) is 4.90 Å². The smallest absolute Gasteiger partial charge is 0.240 e. The summed E-state index contributed by atoms with van der Waals surface area (Å²) in [6, 6.07) is 6.65. The van der Waals surface area contributed by atoms with Crippen LogP contribution in [0.4, 0.5) is 4.39 Å². The minimum absolute atomic E-state index is 0.0240. The lowest BCUT2D eigenvalue weighted by atomic mass is 9.85. The fraction of sp³-hybridized carbons (Fsp3) is 0.667. The zero-order chi connectivity index (χ0) is 17.9. The van der Waals surface area contributed by atoms with E-state index >= 15 is 0 Å². The van der Waals surface area contributed by atoms with Crippen LogP contribution in [-0.4, -0.2) is 54.6 Å². The number of nitrogens with zero attached hydrogens (tertiary/aromatic N) is 2. The van der Waals surface area contributed by atoms with Gasteiger partial charge in [-0.1, -0.05) is 12.1 Å². The Hall–Kier alpha value is -1.46. The van der Waals surface area contributed by atoms with E-state index < -0.39 is 0 Å². The van der Waals surface area contributed by atoms with Gasteiger partial charge in [-0.25, -0.2) is 4.39 Å². The highest BCUT2D eigenvalue weighted by Gasteiger charge is 2.41. The topological polar surface area (TPSA) is 32.8 Å². The lowest BCUT2D eigenvalue weighted by Gasteiger charge is -2.46. The molecule has 2 bridgehead atoms. The van der Waals surface area contributed by atoms with E-state index in [9.17, 15) is 9.18 Å². The molecule has 0 aromatic heterocycles. The highest BCUT2D eigenvalue weighted by atomic mass is 19.1. The molecule has 3 fully saturated rings. The van der Waals surface area contributed by atoms with E-state index in [0.717, 1.165) is 70.0 Å². The standard InChI is InChI=1S/C21H29FN2O2/c22-19-3-1-2-17(12-19)14-24-15-18-5-9-23(20(13-18)21(24)25)8-4-16-6-10-26-11-7-16/h1-3,12,16,18,20H,4-11,13-15H2/t18-,20+/m0/s1. The van der Waals surface area contributed by atoms with Crippen LogP contribution in [0.1, 0.15) is 37.7 Å². The third-order valence-electron chi connectivity index (χ3n) is 6.33. The number of amides is 1. The van der Waals surface area contributed by atoms with Crippen LogP contribution in [0.3, 0.4) is 0 Å². The van der Waals surface area contributed by atoms with Crippen LogP contribution in [0.15, 0.2) is 24.3 Å². The second-order valence-corrected chi connectivity index (χ2v) is 8.14. The second-order valence-electron chi connectivity index (χ2n) is 8.14. The molecule has 3 aliphatic rings. The van der Waals surface area contributed by atoms with Gasteiger partial charge in [0.1, 0.15) is 5.82 Å². The molecule has 3 aliphatic heterocycles. The first-order chi connectivity index (χ1) is 12.7. The van der Waals surface area contributed by atoms with Crippen LogP contribution in [0.5, 0.6) is 0 Å². The molecule has 4 rings (SSSR count). The first-order valence-electron chi connectivity index (χ1n) is 10.0. The molecule has 1 aromatic rings. The van der Waals surface area contributed by atoms with Crippen LogP contribution in [0.2, 0.25) is 0 Å². The summed E-state index contributed by atoms with van der Waals surface area (Å²) in [6.45, 7) is 5.17. The van der Waals surface area contributed by atoms with Gasteiger partial charge < -0.3 is 9.64 Å². The minimum atomic E-state index is -0.231. The third kappa shape index (κ3) is 4.09. The van der Waals surface area contributed by atoms with Crippen molar-refractivity contribution in [3.63, 3.8) is 0 Å².